The number of nitrogens with two attached hydrogens (primary N) is 3. The van der Waals surface area contributed by atoms with Crippen molar-refractivity contribution < 1.29 is 53.7 Å². The van der Waals surface area contributed by atoms with Crippen LogP contribution in [0.3, 0.4) is 0 Å². The Kier molecular flexibility index (Phi) is 18.5. The van der Waals surface area contributed by atoms with Crippen LogP contribution in [0.4, 0.5) is 0 Å². The molecule has 1 rings (SSSR count). The van der Waals surface area contributed by atoms with E-state index in [4.69, 9.17) is 27.4 Å². The average molecular weight is 708 g/mol. The van der Waals surface area contributed by atoms with Gasteiger partial charge in [0.2, 0.25) is 29.5 Å². The molecule has 20 nitrogen and oxygen atoms in total. The minimum absolute atomic E-state index is 0.0269. The highest BCUT2D eigenvalue weighted by Crippen LogP contribution is 2.08. The van der Waals surface area contributed by atoms with Crippen LogP contribution in [0.5, 0.6) is 0 Å². The zero-order chi connectivity index (χ0) is 37.8. The van der Waals surface area contributed by atoms with E-state index in [1.807, 2.05) is 0 Å². The van der Waals surface area contributed by atoms with Gasteiger partial charge in [-0.05, 0) is 38.2 Å². The van der Waals surface area contributed by atoms with Crippen LogP contribution in [0, 0.1) is 0 Å². The molecule has 0 spiro atoms. The highest BCUT2D eigenvalue weighted by molar-refractivity contribution is 5.96. The van der Waals surface area contributed by atoms with E-state index < -0.39 is 103 Å². The molecule has 0 bridgehead atoms. The number of aliphatic carboxylic acids is 3. The first-order valence-corrected chi connectivity index (χ1v) is 15.5. The Labute approximate surface area is 287 Å². The molecule has 1 aromatic carbocycles. The topological polar surface area (TPSA) is 348 Å². The van der Waals surface area contributed by atoms with Gasteiger partial charge in [0.15, 0.2) is 5.96 Å². The number of benzene rings is 1. The third-order valence-corrected chi connectivity index (χ3v) is 6.95. The van der Waals surface area contributed by atoms with Crippen molar-refractivity contribution in [1.82, 2.24) is 26.6 Å². The molecule has 0 radical (unpaired) electrons. The van der Waals surface area contributed by atoms with Crippen LogP contribution in [0.15, 0.2) is 35.3 Å². The number of hydrogen-bond donors (Lipinski definition) is 11. The van der Waals surface area contributed by atoms with Gasteiger partial charge in [0.05, 0.1) is 6.04 Å². The van der Waals surface area contributed by atoms with E-state index in [1.54, 1.807) is 30.3 Å². The second-order valence-corrected chi connectivity index (χ2v) is 11.1. The molecule has 1 aromatic rings. The number of carbonyl (C=O) groups is 8. The first kappa shape index (κ1) is 42.2. The zero-order valence-electron chi connectivity index (χ0n) is 27.4. The third-order valence-electron chi connectivity index (χ3n) is 6.95. The van der Waals surface area contributed by atoms with E-state index in [2.05, 4.69) is 31.6 Å². The van der Waals surface area contributed by atoms with Crippen LogP contribution in [-0.2, 0) is 44.8 Å². The number of carboxylic acid groups (broad SMARTS) is 3. The van der Waals surface area contributed by atoms with Crippen molar-refractivity contribution >= 4 is 53.4 Å². The SMILES string of the molecule is C[C@H](NC(=O)[C@@H](N)CCC(=O)O)C(=O)N[C@@H](CCC(=O)O)C(=O)N[C@@H](Cc1ccccc1)C(=O)N[C@@H](CCCN=C(N)N)C(=O)NCC(=O)O. The molecular formula is C30H45N9O11. The molecule has 0 unspecified atom stereocenters. The highest BCUT2D eigenvalue weighted by atomic mass is 16.4. The zero-order valence-corrected chi connectivity index (χ0v) is 27.4. The van der Waals surface area contributed by atoms with Gasteiger partial charge in [0.25, 0.3) is 0 Å². The molecule has 14 N–H and O–H groups in total. The van der Waals surface area contributed by atoms with Crippen molar-refractivity contribution in [3.8, 4) is 0 Å². The predicted molar refractivity (Wildman–Crippen MR) is 176 cm³/mol. The standard InChI is InChI=1S/C30H45N9O11/c1-16(36-26(47)18(31)9-11-22(40)41)25(46)37-20(10-12-23(42)43)28(49)39-21(14-17-6-3-2-4-7-17)29(50)38-19(8-5-13-34-30(32)33)27(48)35-15-24(44)45/h2-4,6-7,16,18-21H,5,8-15,31H2,1H3,(H,35,48)(H,36,47)(H,37,46)(H,38,50)(H,39,49)(H,40,41)(H,42,43)(H,44,45)(H4,32,33,34)/t16-,18-,19-,20-,21-/m0/s1. The summed E-state index contributed by atoms with van der Waals surface area (Å²) in [5.41, 5.74) is 16.9. The molecule has 5 atom stereocenters. The van der Waals surface area contributed by atoms with Crippen molar-refractivity contribution in [3.05, 3.63) is 35.9 Å². The van der Waals surface area contributed by atoms with Gasteiger partial charge in [-0.15, -0.1) is 0 Å². The van der Waals surface area contributed by atoms with Gasteiger partial charge >= 0.3 is 17.9 Å². The molecule has 0 aliphatic carbocycles. The fraction of sp³-hybridized carbons (Fsp3) is 0.500. The van der Waals surface area contributed by atoms with Crippen molar-refractivity contribution in [2.75, 3.05) is 13.1 Å². The van der Waals surface area contributed by atoms with Gasteiger partial charge < -0.3 is 59.1 Å². The summed E-state index contributed by atoms with van der Waals surface area (Å²) in [6.07, 6.45) is -1.54. The minimum atomic E-state index is -1.51. The normalized spacial score (nSPS) is 13.6. The number of amides is 5. The highest BCUT2D eigenvalue weighted by Gasteiger charge is 2.31. The Morgan fingerprint density at radius 3 is 1.80 bits per heavy atom. The molecule has 0 saturated carbocycles. The Morgan fingerprint density at radius 2 is 1.22 bits per heavy atom. The molecule has 0 aliphatic heterocycles. The van der Waals surface area contributed by atoms with Crippen LogP contribution in [0.2, 0.25) is 0 Å². The molecule has 276 valence electrons. The van der Waals surface area contributed by atoms with Crippen molar-refractivity contribution in [1.29, 1.82) is 0 Å². The summed E-state index contributed by atoms with van der Waals surface area (Å²) < 4.78 is 0. The lowest BCUT2D eigenvalue weighted by atomic mass is 10.0. The summed E-state index contributed by atoms with van der Waals surface area (Å²) in [6, 6.07) is 1.69. The monoisotopic (exact) mass is 707 g/mol. The number of guanidine groups is 1. The number of carboxylic acids is 3. The smallest absolute Gasteiger partial charge is 0.322 e. The summed E-state index contributed by atoms with van der Waals surface area (Å²) in [7, 11) is 0. The first-order valence-electron chi connectivity index (χ1n) is 15.5. The number of nitrogens with zero attached hydrogens (tertiary/aromatic N) is 1. The molecule has 0 saturated heterocycles. The fourth-order valence-corrected chi connectivity index (χ4v) is 4.29. The minimum Gasteiger partial charge on any atom is -0.481 e. The molecule has 0 aromatic heterocycles. The second-order valence-electron chi connectivity index (χ2n) is 11.1. The summed E-state index contributed by atoms with van der Waals surface area (Å²) in [4.78, 5) is 102. The molecule has 5 amide bonds. The van der Waals surface area contributed by atoms with E-state index in [1.165, 1.54) is 6.92 Å². The van der Waals surface area contributed by atoms with Gasteiger partial charge in [0.1, 0.15) is 30.7 Å². The van der Waals surface area contributed by atoms with Crippen LogP contribution in [0.25, 0.3) is 0 Å². The molecule has 0 aliphatic rings. The lowest BCUT2D eigenvalue weighted by molar-refractivity contribution is -0.139. The Hall–Kier alpha value is -5.79. The summed E-state index contributed by atoms with van der Waals surface area (Å²) >= 11 is 0. The van der Waals surface area contributed by atoms with Crippen LogP contribution < -0.4 is 43.8 Å². The van der Waals surface area contributed by atoms with Crippen LogP contribution in [0.1, 0.15) is 51.0 Å². The number of rotatable bonds is 23. The van der Waals surface area contributed by atoms with Crippen molar-refractivity contribution in [2.45, 2.75) is 82.1 Å². The van der Waals surface area contributed by atoms with E-state index in [0.29, 0.717) is 5.56 Å². The maximum absolute atomic E-state index is 13.6. The van der Waals surface area contributed by atoms with E-state index in [-0.39, 0.29) is 38.2 Å². The Bertz CT molecular complexity index is 1390. The summed E-state index contributed by atoms with van der Waals surface area (Å²) in [5, 5.41) is 38.9. The van der Waals surface area contributed by atoms with Crippen LogP contribution in [-0.4, -0.2) is 112 Å². The third kappa shape index (κ3) is 17.4. The average Bonchev–Trinajstić information content (AvgIpc) is 3.05. The maximum atomic E-state index is 13.6. The molecule has 50 heavy (non-hydrogen) atoms. The van der Waals surface area contributed by atoms with Gasteiger partial charge in [-0.1, -0.05) is 30.3 Å². The first-order chi connectivity index (χ1) is 23.5. The molecular weight excluding hydrogens is 662 g/mol. The molecule has 0 heterocycles. The van der Waals surface area contributed by atoms with E-state index in [0.717, 1.165) is 0 Å². The molecule has 0 fully saturated rings. The summed E-state index contributed by atoms with van der Waals surface area (Å²) in [6.45, 7) is 0.613. The van der Waals surface area contributed by atoms with Gasteiger partial charge in [-0.2, -0.15) is 0 Å². The lowest BCUT2D eigenvalue weighted by Gasteiger charge is -2.26. The summed E-state index contributed by atoms with van der Waals surface area (Å²) in [5.74, 6) is -8.40. The number of carbonyl (C=O) groups excluding carboxylic acids is 5. The maximum Gasteiger partial charge on any atom is 0.322 e. The van der Waals surface area contributed by atoms with Crippen molar-refractivity contribution in [3.63, 3.8) is 0 Å². The molecule has 20 heteroatoms. The number of nitrogens with one attached hydrogen (secondary N) is 5. The van der Waals surface area contributed by atoms with E-state index in [9.17, 15) is 43.5 Å². The lowest BCUT2D eigenvalue weighted by Crippen LogP contribution is -2.59. The van der Waals surface area contributed by atoms with E-state index >= 15 is 0 Å². The predicted octanol–water partition coefficient (Wildman–Crippen LogP) is -3.50. The second kappa shape index (κ2) is 22.0. The Morgan fingerprint density at radius 1 is 0.680 bits per heavy atom. The van der Waals surface area contributed by atoms with Gasteiger partial charge in [-0.25, -0.2) is 0 Å². The largest absolute Gasteiger partial charge is 0.481 e. The quantitative estimate of drug-likeness (QED) is 0.0299. The Balaban J connectivity index is 3.23. The van der Waals surface area contributed by atoms with Gasteiger partial charge in [-0.3, -0.25) is 43.3 Å². The number of aliphatic imine (C=N–C) groups is 1. The van der Waals surface area contributed by atoms with Crippen molar-refractivity contribution in [2.24, 2.45) is 22.2 Å². The van der Waals surface area contributed by atoms with Crippen LogP contribution >= 0.6 is 0 Å². The number of hydrogen-bond acceptors (Lipinski definition) is 10. The fourth-order valence-electron chi connectivity index (χ4n) is 4.29. The van der Waals surface area contributed by atoms with Gasteiger partial charge in [0, 0.05) is 25.8 Å².